The third-order valence-corrected chi connectivity index (χ3v) is 5.76. The molecule has 31 heavy (non-hydrogen) atoms. The molecule has 0 fully saturated rings. The number of anilines is 3. The van der Waals surface area contributed by atoms with Gasteiger partial charge in [0.15, 0.2) is 5.82 Å². The van der Waals surface area contributed by atoms with Crippen molar-refractivity contribution in [1.82, 2.24) is 19.7 Å². The van der Waals surface area contributed by atoms with E-state index in [1.165, 1.54) is 11.1 Å². The Morgan fingerprint density at radius 1 is 1.23 bits per heavy atom. The molecule has 1 aliphatic heterocycles. The van der Waals surface area contributed by atoms with Crippen LogP contribution in [0.5, 0.6) is 0 Å². The fraction of sp³-hybridized carbons (Fsp3) is 0.391. The van der Waals surface area contributed by atoms with Crippen LogP contribution in [-0.4, -0.2) is 38.7 Å². The Kier molecular flexibility index (Phi) is 5.63. The number of benzene rings is 1. The lowest BCUT2D eigenvalue weighted by atomic mass is 9.97. The lowest BCUT2D eigenvalue weighted by molar-refractivity contribution is -0.117. The number of likely N-dealkylation sites (N-methyl/N-ethyl adjacent to an activating group) is 1. The monoisotopic (exact) mass is 419 g/mol. The van der Waals surface area contributed by atoms with Crippen molar-refractivity contribution < 1.29 is 4.79 Å². The maximum Gasteiger partial charge on any atom is 0.246 e. The fourth-order valence-corrected chi connectivity index (χ4v) is 3.81. The molecular weight excluding hydrogens is 390 g/mol. The van der Waals surface area contributed by atoms with Crippen LogP contribution in [0.2, 0.25) is 0 Å². The summed E-state index contributed by atoms with van der Waals surface area (Å²) in [5.41, 5.74) is 5.10. The van der Waals surface area contributed by atoms with Crippen LogP contribution in [0.4, 0.5) is 17.5 Å². The summed E-state index contributed by atoms with van der Waals surface area (Å²) in [7, 11) is 1.87. The molecule has 3 heterocycles. The van der Waals surface area contributed by atoms with Crippen LogP contribution in [0.3, 0.4) is 0 Å². The molecule has 162 valence electrons. The number of hydrogen-bond donors (Lipinski definition) is 2. The molecule has 3 aromatic rings. The molecule has 0 saturated heterocycles. The zero-order chi connectivity index (χ0) is 22.1. The SMILES string of the molecule is Cc1nc(NCc2cnn(Cc3ccccc3C(C)C)c2)nc2c1NC(=O)[C@H](C)N2C. The Balaban J connectivity index is 1.46. The first-order chi connectivity index (χ1) is 14.8. The highest BCUT2D eigenvalue weighted by Crippen LogP contribution is 2.32. The van der Waals surface area contributed by atoms with E-state index in [4.69, 9.17) is 0 Å². The lowest BCUT2D eigenvalue weighted by Crippen LogP contribution is -2.44. The summed E-state index contributed by atoms with van der Waals surface area (Å²) in [4.78, 5) is 23.1. The molecule has 4 rings (SSSR count). The van der Waals surface area contributed by atoms with Crippen molar-refractivity contribution >= 4 is 23.4 Å². The van der Waals surface area contributed by atoms with Crippen molar-refractivity contribution in [3.8, 4) is 0 Å². The molecule has 2 aromatic heterocycles. The van der Waals surface area contributed by atoms with Crippen molar-refractivity contribution in [3.05, 3.63) is 59.0 Å². The maximum atomic E-state index is 12.1. The molecule has 1 atom stereocenters. The average molecular weight is 420 g/mol. The minimum Gasteiger partial charge on any atom is -0.350 e. The van der Waals surface area contributed by atoms with E-state index < -0.39 is 0 Å². The summed E-state index contributed by atoms with van der Waals surface area (Å²) in [6.45, 7) is 9.46. The summed E-state index contributed by atoms with van der Waals surface area (Å²) in [6, 6.07) is 8.23. The molecular formula is C23H29N7O. The van der Waals surface area contributed by atoms with Crippen LogP contribution in [0.15, 0.2) is 36.7 Å². The minimum atomic E-state index is -0.276. The minimum absolute atomic E-state index is 0.0473. The zero-order valence-corrected chi connectivity index (χ0v) is 18.7. The van der Waals surface area contributed by atoms with Gasteiger partial charge in [0.2, 0.25) is 11.9 Å². The van der Waals surface area contributed by atoms with Crippen LogP contribution in [0.25, 0.3) is 0 Å². The van der Waals surface area contributed by atoms with Crippen molar-refractivity contribution in [2.45, 2.75) is 52.7 Å². The van der Waals surface area contributed by atoms with Crippen molar-refractivity contribution in [2.24, 2.45) is 0 Å². The standard InChI is InChI=1S/C23H29N7O/c1-14(2)19-9-7-6-8-18(19)13-30-12-17(11-25-30)10-24-23-26-15(3)20-21(28-23)29(5)16(4)22(31)27-20/h6-9,11-12,14,16H,10,13H2,1-5H3,(H,27,31)(H,24,26,28)/t16-/m0/s1. The summed E-state index contributed by atoms with van der Waals surface area (Å²) >= 11 is 0. The number of nitrogens with one attached hydrogen (secondary N) is 2. The lowest BCUT2D eigenvalue weighted by Gasteiger charge is -2.32. The molecule has 0 bridgehead atoms. The number of nitrogens with zero attached hydrogens (tertiary/aromatic N) is 5. The van der Waals surface area contributed by atoms with Crippen molar-refractivity contribution in [1.29, 1.82) is 0 Å². The zero-order valence-electron chi connectivity index (χ0n) is 18.7. The second kappa shape index (κ2) is 8.37. The average Bonchev–Trinajstić information content (AvgIpc) is 3.19. The van der Waals surface area contributed by atoms with E-state index in [0.29, 0.717) is 24.1 Å². The molecule has 0 radical (unpaired) electrons. The number of rotatable bonds is 6. The molecule has 0 aliphatic carbocycles. The Hall–Kier alpha value is -3.42. The smallest absolute Gasteiger partial charge is 0.246 e. The molecule has 0 saturated carbocycles. The molecule has 2 N–H and O–H groups in total. The van der Waals surface area contributed by atoms with E-state index in [0.717, 1.165) is 23.6 Å². The second-order valence-corrected chi connectivity index (χ2v) is 8.36. The van der Waals surface area contributed by atoms with Crippen LogP contribution in [-0.2, 0) is 17.9 Å². The van der Waals surface area contributed by atoms with Crippen LogP contribution >= 0.6 is 0 Å². The Bertz CT molecular complexity index is 1110. The van der Waals surface area contributed by atoms with Crippen LogP contribution in [0, 0.1) is 6.92 Å². The number of aromatic nitrogens is 4. The summed E-state index contributed by atoms with van der Waals surface area (Å²) in [5, 5.41) is 10.7. The Morgan fingerprint density at radius 2 is 2.00 bits per heavy atom. The second-order valence-electron chi connectivity index (χ2n) is 8.36. The van der Waals surface area contributed by atoms with Gasteiger partial charge in [0.1, 0.15) is 11.7 Å². The van der Waals surface area contributed by atoms with Gasteiger partial charge in [-0.25, -0.2) is 4.98 Å². The molecule has 8 heteroatoms. The summed E-state index contributed by atoms with van der Waals surface area (Å²) in [5.74, 6) is 1.68. The van der Waals surface area contributed by atoms with Gasteiger partial charge in [-0.3, -0.25) is 9.48 Å². The van der Waals surface area contributed by atoms with E-state index in [9.17, 15) is 4.79 Å². The normalized spacial score (nSPS) is 15.7. The third-order valence-electron chi connectivity index (χ3n) is 5.76. The van der Waals surface area contributed by atoms with E-state index in [-0.39, 0.29) is 11.9 Å². The highest BCUT2D eigenvalue weighted by atomic mass is 16.2. The Labute approximate surface area is 182 Å². The summed E-state index contributed by atoms with van der Waals surface area (Å²) in [6.07, 6.45) is 3.91. The molecule has 1 aliphatic rings. The number of aryl methyl sites for hydroxylation is 1. The van der Waals surface area contributed by atoms with Gasteiger partial charge in [-0.05, 0) is 30.9 Å². The number of carbonyl (C=O) groups excluding carboxylic acids is 1. The predicted octanol–water partition coefficient (Wildman–Crippen LogP) is 3.54. The van der Waals surface area contributed by atoms with E-state index in [2.05, 4.69) is 63.8 Å². The Morgan fingerprint density at radius 3 is 2.77 bits per heavy atom. The van der Waals surface area contributed by atoms with Gasteiger partial charge in [-0.1, -0.05) is 38.1 Å². The van der Waals surface area contributed by atoms with Gasteiger partial charge in [0.05, 0.1) is 18.4 Å². The number of hydrogen-bond acceptors (Lipinski definition) is 6. The van der Waals surface area contributed by atoms with E-state index >= 15 is 0 Å². The first kappa shape index (κ1) is 20.8. The van der Waals surface area contributed by atoms with Gasteiger partial charge in [0.25, 0.3) is 0 Å². The van der Waals surface area contributed by atoms with Crippen LogP contribution in [0.1, 0.15) is 49.1 Å². The van der Waals surface area contributed by atoms with Crippen molar-refractivity contribution in [3.63, 3.8) is 0 Å². The topological polar surface area (TPSA) is 88.0 Å². The van der Waals surface area contributed by atoms with Gasteiger partial charge in [0, 0.05) is 25.4 Å². The molecule has 0 spiro atoms. The highest BCUT2D eigenvalue weighted by molar-refractivity contribution is 6.03. The predicted molar refractivity (Wildman–Crippen MR) is 122 cm³/mol. The van der Waals surface area contributed by atoms with Crippen molar-refractivity contribution in [2.75, 3.05) is 22.6 Å². The molecule has 1 aromatic carbocycles. The number of fused-ring (bicyclic) bond motifs is 1. The summed E-state index contributed by atoms with van der Waals surface area (Å²) < 4.78 is 1.96. The van der Waals surface area contributed by atoms with Gasteiger partial charge in [-0.2, -0.15) is 10.1 Å². The van der Waals surface area contributed by atoms with Gasteiger partial charge >= 0.3 is 0 Å². The van der Waals surface area contributed by atoms with E-state index in [1.54, 1.807) is 0 Å². The van der Waals surface area contributed by atoms with E-state index in [1.807, 2.05) is 42.9 Å². The van der Waals surface area contributed by atoms with Gasteiger partial charge < -0.3 is 15.5 Å². The third kappa shape index (κ3) is 4.23. The number of carbonyl (C=O) groups is 1. The first-order valence-corrected chi connectivity index (χ1v) is 10.6. The highest BCUT2D eigenvalue weighted by Gasteiger charge is 2.30. The van der Waals surface area contributed by atoms with Crippen LogP contribution < -0.4 is 15.5 Å². The quantitative estimate of drug-likeness (QED) is 0.635. The molecule has 1 amide bonds. The first-order valence-electron chi connectivity index (χ1n) is 10.6. The van der Waals surface area contributed by atoms with Gasteiger partial charge in [-0.15, -0.1) is 0 Å². The fourth-order valence-electron chi connectivity index (χ4n) is 3.81. The number of amides is 1. The largest absolute Gasteiger partial charge is 0.350 e. The molecule has 8 nitrogen and oxygen atoms in total. The maximum absolute atomic E-state index is 12.1. The molecule has 0 unspecified atom stereocenters.